The number of benzene rings is 3. The summed E-state index contributed by atoms with van der Waals surface area (Å²) in [5.41, 5.74) is 12.7. The molecule has 0 aromatic heterocycles. The lowest BCUT2D eigenvalue weighted by atomic mass is 9.69. The summed E-state index contributed by atoms with van der Waals surface area (Å²) in [6.07, 6.45) is 6.14. The van der Waals surface area contributed by atoms with Gasteiger partial charge >= 0.3 is 0 Å². The van der Waals surface area contributed by atoms with E-state index in [1.54, 1.807) is 0 Å². The van der Waals surface area contributed by atoms with E-state index in [4.69, 9.17) is 0 Å². The quantitative estimate of drug-likeness (QED) is 0.377. The number of hydrogen-bond donors (Lipinski definition) is 0. The molecule has 0 saturated heterocycles. The fraction of sp³-hybridized carbons (Fsp3) is 0.241. The molecular formula is C29H28. The SMILES string of the molecule is CC.Cc1ccc2c(c1)C1(C3=CCC(C)C=C3c3ccccc31)c1ccccc1-2. The van der Waals surface area contributed by atoms with Gasteiger partial charge in [0, 0.05) is 0 Å². The van der Waals surface area contributed by atoms with Crippen LogP contribution in [0, 0.1) is 12.8 Å². The average molecular weight is 377 g/mol. The first kappa shape index (κ1) is 18.2. The summed E-state index contributed by atoms with van der Waals surface area (Å²) >= 11 is 0. The van der Waals surface area contributed by atoms with Crippen LogP contribution in [0.1, 0.15) is 55.0 Å². The molecule has 3 aliphatic rings. The van der Waals surface area contributed by atoms with Crippen molar-refractivity contribution < 1.29 is 0 Å². The van der Waals surface area contributed by atoms with Crippen LogP contribution in [0.4, 0.5) is 0 Å². The van der Waals surface area contributed by atoms with Crippen LogP contribution in [-0.4, -0.2) is 0 Å². The maximum atomic E-state index is 2.52. The van der Waals surface area contributed by atoms with Crippen LogP contribution in [-0.2, 0) is 5.41 Å². The lowest BCUT2D eigenvalue weighted by molar-refractivity contribution is 0.711. The number of allylic oxidation sites excluding steroid dienone is 4. The molecular weight excluding hydrogens is 348 g/mol. The minimum Gasteiger partial charge on any atom is -0.0785 e. The van der Waals surface area contributed by atoms with Crippen molar-refractivity contribution in [3.63, 3.8) is 0 Å². The second kappa shape index (κ2) is 6.59. The monoisotopic (exact) mass is 376 g/mol. The van der Waals surface area contributed by atoms with Gasteiger partial charge in [-0.05, 0) is 63.8 Å². The van der Waals surface area contributed by atoms with E-state index >= 15 is 0 Å². The first-order valence-electron chi connectivity index (χ1n) is 10.9. The van der Waals surface area contributed by atoms with Gasteiger partial charge in [0.05, 0.1) is 5.41 Å². The van der Waals surface area contributed by atoms with Gasteiger partial charge in [0.15, 0.2) is 0 Å². The molecule has 3 aromatic carbocycles. The summed E-state index contributed by atoms with van der Waals surface area (Å²) in [5, 5.41) is 0. The van der Waals surface area contributed by atoms with Crippen LogP contribution in [0.2, 0.25) is 0 Å². The predicted molar refractivity (Wildman–Crippen MR) is 124 cm³/mol. The van der Waals surface area contributed by atoms with Crippen molar-refractivity contribution in [3.8, 4) is 11.1 Å². The third kappa shape index (κ3) is 2.26. The smallest absolute Gasteiger partial charge is 0.0722 e. The Morgan fingerprint density at radius 1 is 0.759 bits per heavy atom. The molecule has 29 heavy (non-hydrogen) atoms. The van der Waals surface area contributed by atoms with Gasteiger partial charge in [0.2, 0.25) is 0 Å². The molecule has 0 nitrogen and oxygen atoms in total. The molecule has 0 saturated carbocycles. The zero-order chi connectivity index (χ0) is 20.2. The normalized spacial score (nSPS) is 22.6. The fourth-order valence-electron chi connectivity index (χ4n) is 5.61. The number of rotatable bonds is 0. The molecule has 2 atom stereocenters. The highest BCUT2D eigenvalue weighted by Gasteiger charge is 2.53. The fourth-order valence-corrected chi connectivity index (χ4v) is 5.61. The maximum Gasteiger partial charge on any atom is 0.0722 e. The molecule has 3 aliphatic carbocycles. The van der Waals surface area contributed by atoms with E-state index in [0.717, 1.165) is 6.42 Å². The van der Waals surface area contributed by atoms with Gasteiger partial charge in [-0.3, -0.25) is 0 Å². The standard InChI is InChI=1S/C27H22.C2H6/c1-17-12-14-25-22(15-17)20-8-4-6-10-24(20)27(25)23-9-5-3-7-19(23)21-13-11-18(2)16-26(21)27;1-2/h3-11,13-17H,12H2,1-2H3;1-2H3. The number of fused-ring (bicyclic) bond motifs is 10. The van der Waals surface area contributed by atoms with Gasteiger partial charge in [0.1, 0.15) is 0 Å². The summed E-state index contributed by atoms with van der Waals surface area (Å²) in [7, 11) is 0. The third-order valence-electron chi connectivity index (χ3n) is 6.66. The first-order valence-corrected chi connectivity index (χ1v) is 10.9. The molecule has 0 bridgehead atoms. The summed E-state index contributed by atoms with van der Waals surface area (Å²) in [6.45, 7) is 8.54. The molecule has 3 aromatic rings. The summed E-state index contributed by atoms with van der Waals surface area (Å²) in [4.78, 5) is 0. The highest BCUT2D eigenvalue weighted by molar-refractivity contribution is 6.00. The average Bonchev–Trinajstić information content (AvgIpc) is 3.21. The van der Waals surface area contributed by atoms with E-state index < -0.39 is 0 Å². The van der Waals surface area contributed by atoms with Crippen molar-refractivity contribution in [2.75, 3.05) is 0 Å². The Kier molecular flexibility index (Phi) is 4.13. The summed E-state index contributed by atoms with van der Waals surface area (Å²) < 4.78 is 0. The van der Waals surface area contributed by atoms with Gasteiger partial charge in [-0.2, -0.15) is 0 Å². The molecule has 0 radical (unpaired) electrons. The van der Waals surface area contributed by atoms with Crippen LogP contribution in [0.15, 0.2) is 84.5 Å². The van der Waals surface area contributed by atoms with Crippen molar-refractivity contribution >= 4 is 5.57 Å². The molecule has 2 unspecified atom stereocenters. The Morgan fingerprint density at radius 3 is 2.14 bits per heavy atom. The summed E-state index contributed by atoms with van der Waals surface area (Å²) in [6, 6.07) is 25.1. The maximum absolute atomic E-state index is 2.52. The van der Waals surface area contributed by atoms with Gasteiger partial charge in [-0.1, -0.05) is 105 Å². The second-order valence-corrected chi connectivity index (χ2v) is 8.30. The van der Waals surface area contributed by atoms with Gasteiger partial charge in [-0.25, -0.2) is 0 Å². The largest absolute Gasteiger partial charge is 0.0785 e. The Bertz CT molecular complexity index is 1170. The molecule has 0 fully saturated rings. The minimum absolute atomic E-state index is 0.152. The summed E-state index contributed by atoms with van der Waals surface area (Å²) in [5.74, 6) is 0.598. The number of aryl methyl sites for hydroxylation is 1. The van der Waals surface area contributed by atoms with E-state index in [0.29, 0.717) is 5.92 Å². The molecule has 0 N–H and O–H groups in total. The molecule has 6 rings (SSSR count). The van der Waals surface area contributed by atoms with E-state index in [-0.39, 0.29) is 5.41 Å². The molecule has 0 aliphatic heterocycles. The predicted octanol–water partition coefficient (Wildman–Crippen LogP) is 7.70. The lowest BCUT2D eigenvalue weighted by Gasteiger charge is -2.32. The molecule has 0 amide bonds. The van der Waals surface area contributed by atoms with E-state index in [1.165, 1.54) is 50.1 Å². The molecule has 0 heteroatoms. The Labute approximate surface area is 174 Å². The Balaban J connectivity index is 0.000000882. The van der Waals surface area contributed by atoms with Crippen LogP contribution in [0.5, 0.6) is 0 Å². The van der Waals surface area contributed by atoms with Crippen LogP contribution in [0.25, 0.3) is 16.7 Å². The zero-order valence-electron chi connectivity index (χ0n) is 17.8. The highest BCUT2D eigenvalue weighted by Crippen LogP contribution is 2.64. The number of hydrogen-bond acceptors (Lipinski definition) is 0. The Morgan fingerprint density at radius 2 is 1.38 bits per heavy atom. The van der Waals surface area contributed by atoms with Crippen LogP contribution in [0.3, 0.4) is 0 Å². The van der Waals surface area contributed by atoms with Gasteiger partial charge in [0.25, 0.3) is 0 Å². The van der Waals surface area contributed by atoms with E-state index in [2.05, 4.69) is 92.7 Å². The van der Waals surface area contributed by atoms with E-state index in [1.807, 2.05) is 13.8 Å². The molecule has 144 valence electrons. The first-order chi connectivity index (χ1) is 14.2. The highest BCUT2D eigenvalue weighted by atomic mass is 14.5. The topological polar surface area (TPSA) is 0 Å². The lowest BCUT2D eigenvalue weighted by Crippen LogP contribution is -2.26. The van der Waals surface area contributed by atoms with Gasteiger partial charge < -0.3 is 0 Å². The molecule has 1 spiro atoms. The third-order valence-corrected chi connectivity index (χ3v) is 6.66. The van der Waals surface area contributed by atoms with Crippen LogP contribution < -0.4 is 0 Å². The second-order valence-electron chi connectivity index (χ2n) is 8.30. The van der Waals surface area contributed by atoms with E-state index in [9.17, 15) is 0 Å². The van der Waals surface area contributed by atoms with Crippen molar-refractivity contribution in [1.29, 1.82) is 0 Å². The minimum atomic E-state index is -0.152. The zero-order valence-corrected chi connectivity index (χ0v) is 17.8. The Hall–Kier alpha value is -2.86. The van der Waals surface area contributed by atoms with Crippen molar-refractivity contribution in [2.24, 2.45) is 5.92 Å². The van der Waals surface area contributed by atoms with Gasteiger partial charge in [-0.15, -0.1) is 0 Å². The van der Waals surface area contributed by atoms with Crippen molar-refractivity contribution in [3.05, 3.63) is 112 Å². The van der Waals surface area contributed by atoms with Crippen molar-refractivity contribution in [2.45, 2.75) is 39.5 Å². The molecule has 0 heterocycles. The van der Waals surface area contributed by atoms with Crippen molar-refractivity contribution in [1.82, 2.24) is 0 Å². The van der Waals surface area contributed by atoms with Crippen LogP contribution >= 0.6 is 0 Å².